The molecule has 0 aliphatic carbocycles. The lowest BCUT2D eigenvalue weighted by Gasteiger charge is -2.23. The maximum atomic E-state index is 10.6. The largest absolute Gasteiger partial charge is 0.780 e. The zero-order valence-corrected chi connectivity index (χ0v) is 8.32. The van der Waals surface area contributed by atoms with Gasteiger partial charge < -0.3 is 35.5 Å². The van der Waals surface area contributed by atoms with Gasteiger partial charge in [-0.3, -0.25) is 0 Å². The molecule has 0 bridgehead atoms. The first kappa shape index (κ1) is 10.7. The molecule has 0 fully saturated rings. The van der Waals surface area contributed by atoms with Crippen molar-refractivity contribution in [2.24, 2.45) is 0 Å². The lowest BCUT2D eigenvalue weighted by molar-refractivity contribution is 0.0674. The summed E-state index contributed by atoms with van der Waals surface area (Å²) in [4.78, 5) is 21.0. The van der Waals surface area contributed by atoms with E-state index in [0.717, 1.165) is 12.1 Å². The van der Waals surface area contributed by atoms with Crippen LogP contribution in [0.1, 0.15) is 20.7 Å². The Balaban J connectivity index is 3.41. The number of rotatable bonds is 2. The van der Waals surface area contributed by atoms with Crippen LogP contribution in [-0.4, -0.2) is 22.2 Å². The van der Waals surface area contributed by atoms with E-state index in [1.54, 1.807) is 0 Å². The van der Waals surface area contributed by atoms with Crippen LogP contribution in [0.2, 0.25) is 0 Å². The van der Waals surface area contributed by atoms with E-state index in [1.807, 2.05) is 0 Å². The molecule has 14 heavy (non-hydrogen) atoms. The molecular weight excluding hydrogens is 224 g/mol. The Bertz CT molecular complexity index is 375. The summed E-state index contributed by atoms with van der Waals surface area (Å²) in [5.74, 6) is -2.42. The molecule has 0 aromatic heterocycles. The van der Waals surface area contributed by atoms with Crippen LogP contribution >= 0.6 is 0 Å². The molecule has 0 saturated carbocycles. The third-order valence-corrected chi connectivity index (χ3v) is 2.55. The molecule has 2 N–H and O–H groups in total. The van der Waals surface area contributed by atoms with Crippen molar-refractivity contribution in [2.75, 3.05) is 0 Å². The van der Waals surface area contributed by atoms with Crippen LogP contribution in [-0.2, 0) is 25.3 Å². The van der Waals surface area contributed by atoms with Gasteiger partial charge in [-0.15, -0.1) is 0 Å². The van der Waals surface area contributed by atoms with Crippen LogP contribution in [0.3, 0.4) is 0 Å². The summed E-state index contributed by atoms with van der Waals surface area (Å²) in [6, 6.07) is 2.29. The Hall–Kier alpha value is -1.40. The molecule has 4 nitrogen and oxygen atoms in total. The molecular formula is C8H4O4S2-2. The van der Waals surface area contributed by atoms with Gasteiger partial charge in [0.25, 0.3) is 0 Å². The molecule has 0 spiro atoms. The van der Waals surface area contributed by atoms with Gasteiger partial charge in [0.15, 0.2) is 0 Å². The van der Waals surface area contributed by atoms with Crippen molar-refractivity contribution in [2.45, 2.75) is 9.79 Å². The van der Waals surface area contributed by atoms with Crippen LogP contribution in [0.15, 0.2) is 21.9 Å². The highest BCUT2D eigenvalue weighted by molar-refractivity contribution is 7.62. The van der Waals surface area contributed by atoms with Gasteiger partial charge in [0.05, 0.1) is 0 Å². The lowest BCUT2D eigenvalue weighted by atomic mass is 10.1. The van der Waals surface area contributed by atoms with E-state index in [0.29, 0.717) is 0 Å². The maximum Gasteiger partial charge on any atom is 0.334 e. The highest BCUT2D eigenvalue weighted by atomic mass is 32.1. The number of carboxylic acids is 2. The van der Waals surface area contributed by atoms with E-state index in [4.69, 9.17) is 35.5 Å². The van der Waals surface area contributed by atoms with E-state index >= 15 is 0 Å². The lowest BCUT2D eigenvalue weighted by Crippen LogP contribution is -2.06. The predicted octanol–water partition coefficient (Wildman–Crippen LogP) is 0.895. The zero-order valence-electron chi connectivity index (χ0n) is 6.68. The Morgan fingerprint density at radius 1 is 0.929 bits per heavy atom. The fourth-order valence-corrected chi connectivity index (χ4v) is 1.43. The standard InChI is InChI=1S/C8H6O4S2/c9-7(10)3-1-2-4(8(11)12)6(14)5(3)13/h1-2,13-14H,(H,9,10)(H,11,12)/p-2. The Labute approximate surface area is 90.4 Å². The molecule has 0 unspecified atom stereocenters. The molecule has 0 radical (unpaired) electrons. The SMILES string of the molecule is O=C(O)c1ccc(C(=O)O)c([S-])c1[S-]. The average Bonchev–Trinajstić information content (AvgIpc) is 2.08. The summed E-state index contributed by atoms with van der Waals surface area (Å²) < 4.78 is 0. The Kier molecular flexibility index (Phi) is 2.87. The molecule has 1 aromatic rings. The van der Waals surface area contributed by atoms with Gasteiger partial charge in [-0.25, -0.2) is 9.59 Å². The third kappa shape index (κ3) is 1.75. The van der Waals surface area contributed by atoms with E-state index in [2.05, 4.69) is 0 Å². The second-order valence-electron chi connectivity index (χ2n) is 2.43. The summed E-state index contributed by atoms with van der Waals surface area (Å²) in [6.45, 7) is 0. The van der Waals surface area contributed by atoms with Gasteiger partial charge >= 0.3 is 11.9 Å². The smallest absolute Gasteiger partial charge is 0.334 e. The van der Waals surface area contributed by atoms with Crippen LogP contribution in [0.5, 0.6) is 0 Å². The summed E-state index contributed by atoms with van der Waals surface area (Å²) in [6.07, 6.45) is 0. The van der Waals surface area contributed by atoms with Gasteiger partial charge in [0.1, 0.15) is 0 Å². The number of benzene rings is 1. The van der Waals surface area contributed by atoms with Crippen LogP contribution in [0, 0.1) is 0 Å². The molecule has 0 saturated heterocycles. The summed E-state index contributed by atoms with van der Waals surface area (Å²) >= 11 is 9.46. The highest BCUT2D eigenvalue weighted by Gasteiger charge is 2.07. The van der Waals surface area contributed by atoms with E-state index < -0.39 is 11.9 Å². The van der Waals surface area contributed by atoms with Crippen molar-refractivity contribution in [3.05, 3.63) is 23.3 Å². The second kappa shape index (κ2) is 3.77. The van der Waals surface area contributed by atoms with E-state index in [1.165, 1.54) is 0 Å². The number of carbonyl (C=O) groups is 2. The minimum atomic E-state index is -1.21. The predicted molar refractivity (Wildman–Crippen MR) is 51.6 cm³/mol. The molecule has 1 rings (SSSR count). The minimum absolute atomic E-state index is 0.104. The van der Waals surface area contributed by atoms with E-state index in [9.17, 15) is 9.59 Å². The maximum absolute atomic E-state index is 10.6. The molecule has 0 amide bonds. The first-order valence-electron chi connectivity index (χ1n) is 3.42. The van der Waals surface area contributed by atoms with Gasteiger partial charge in [-0.05, 0) is 12.1 Å². The van der Waals surface area contributed by atoms with Crippen LogP contribution < -0.4 is 0 Å². The number of aromatic carboxylic acids is 2. The van der Waals surface area contributed by atoms with Crippen LogP contribution in [0.25, 0.3) is 0 Å². The quantitative estimate of drug-likeness (QED) is 0.732. The van der Waals surface area contributed by atoms with Crippen molar-refractivity contribution in [1.29, 1.82) is 0 Å². The van der Waals surface area contributed by atoms with Crippen molar-refractivity contribution in [3.63, 3.8) is 0 Å². The van der Waals surface area contributed by atoms with Gasteiger partial charge in [0.2, 0.25) is 0 Å². The third-order valence-electron chi connectivity index (χ3n) is 1.57. The number of carboxylic acid groups (broad SMARTS) is 2. The average molecular weight is 228 g/mol. The highest BCUT2D eigenvalue weighted by Crippen LogP contribution is 2.19. The van der Waals surface area contributed by atoms with Gasteiger partial charge in [-0.2, -0.15) is 9.79 Å². The molecule has 1 aromatic carbocycles. The summed E-state index contributed by atoms with van der Waals surface area (Å²) in [7, 11) is 0. The molecule has 0 atom stereocenters. The Morgan fingerprint density at radius 2 is 1.21 bits per heavy atom. The zero-order chi connectivity index (χ0) is 10.9. The van der Waals surface area contributed by atoms with Gasteiger partial charge in [-0.1, -0.05) is 0 Å². The summed E-state index contributed by atoms with van der Waals surface area (Å²) in [5.41, 5.74) is -0.287. The molecule has 0 aliphatic rings. The molecule has 0 heterocycles. The van der Waals surface area contributed by atoms with Crippen LogP contribution in [0.4, 0.5) is 0 Å². The molecule has 74 valence electrons. The molecule has 0 aliphatic heterocycles. The first-order chi connectivity index (χ1) is 6.45. The van der Waals surface area contributed by atoms with Crippen molar-refractivity contribution in [3.8, 4) is 0 Å². The van der Waals surface area contributed by atoms with Gasteiger partial charge in [0, 0.05) is 11.1 Å². The number of hydrogen-bond donors (Lipinski definition) is 2. The Morgan fingerprint density at radius 3 is 1.43 bits per heavy atom. The normalized spacial score (nSPS) is 9.71. The van der Waals surface area contributed by atoms with Crippen molar-refractivity contribution in [1.82, 2.24) is 0 Å². The monoisotopic (exact) mass is 228 g/mol. The fourth-order valence-electron chi connectivity index (χ4n) is 0.899. The number of hydrogen-bond acceptors (Lipinski definition) is 4. The summed E-state index contributed by atoms with van der Waals surface area (Å²) in [5, 5.41) is 17.3. The van der Waals surface area contributed by atoms with E-state index in [-0.39, 0.29) is 20.9 Å². The minimum Gasteiger partial charge on any atom is -0.780 e. The van der Waals surface area contributed by atoms with Crippen molar-refractivity contribution >= 4 is 37.2 Å². The van der Waals surface area contributed by atoms with Crippen molar-refractivity contribution < 1.29 is 19.8 Å². The second-order valence-corrected chi connectivity index (χ2v) is 3.25. The first-order valence-corrected chi connectivity index (χ1v) is 4.24. The topological polar surface area (TPSA) is 74.6 Å². The molecule has 6 heteroatoms. The fraction of sp³-hybridized carbons (Fsp3) is 0.